The van der Waals surface area contributed by atoms with Crippen molar-refractivity contribution in [2.75, 3.05) is 33.3 Å². The van der Waals surface area contributed by atoms with Gasteiger partial charge in [-0.05, 0) is 112 Å². The molecule has 51 heavy (non-hydrogen) atoms. The van der Waals surface area contributed by atoms with Gasteiger partial charge in [0.25, 0.3) is 20.0 Å². The maximum atomic E-state index is 13.1. The monoisotopic (exact) mass is 726 g/mol. The summed E-state index contributed by atoms with van der Waals surface area (Å²) in [4.78, 5) is 5.24. The lowest BCUT2D eigenvalue weighted by Gasteiger charge is -2.16. The summed E-state index contributed by atoms with van der Waals surface area (Å²) in [5.74, 6) is 0.764. The van der Waals surface area contributed by atoms with Gasteiger partial charge >= 0.3 is 0 Å². The summed E-state index contributed by atoms with van der Waals surface area (Å²) in [5.41, 5.74) is 3.22. The lowest BCUT2D eigenvalue weighted by Crippen LogP contribution is -2.18. The van der Waals surface area contributed by atoms with Crippen molar-refractivity contribution in [3.8, 4) is 11.5 Å². The number of nitrogens with zero attached hydrogens (tertiary/aromatic N) is 4. The van der Waals surface area contributed by atoms with Crippen molar-refractivity contribution in [1.29, 1.82) is 0 Å². The molecule has 6 aromatic rings. The van der Waals surface area contributed by atoms with E-state index in [-0.39, 0.29) is 15.5 Å². The summed E-state index contributed by atoms with van der Waals surface area (Å²) >= 11 is 0. The first kappa shape index (κ1) is 34.8. The second kappa shape index (κ2) is 14.5. The summed E-state index contributed by atoms with van der Waals surface area (Å²) in [5, 5.41) is 12.0. The van der Waals surface area contributed by atoms with Crippen molar-refractivity contribution >= 4 is 41.9 Å². The van der Waals surface area contributed by atoms with Gasteiger partial charge in [0.1, 0.15) is 11.5 Å². The largest absolute Gasteiger partial charge is 0.508 e. The van der Waals surface area contributed by atoms with E-state index in [1.165, 1.54) is 39.7 Å². The molecule has 0 amide bonds. The van der Waals surface area contributed by atoms with Crippen molar-refractivity contribution < 1.29 is 26.7 Å². The standard InChI is InChI=1S/C20H22N2O3S.C19H20N2O3S/c1-25-17-13-16(15-21-10-5-6-11-21)19-9-12-22(20(19)14-17)26(23,24)18-7-3-2-4-8-18;22-16-12-15(14-20-9-4-5-10-20)18-8-11-21(19(18)13-16)25(23,24)17-6-2-1-3-7-17/h2-4,7-9,12-14H,5-6,10-11,15H2,1H3;1-3,6-8,11-13,22H,4-5,9-10,14H2. The molecule has 8 rings (SSSR count). The second-order valence-corrected chi connectivity index (χ2v) is 16.7. The molecule has 2 aliphatic heterocycles. The lowest BCUT2D eigenvalue weighted by atomic mass is 10.1. The van der Waals surface area contributed by atoms with Gasteiger partial charge in [-0.2, -0.15) is 0 Å². The predicted octanol–water partition coefficient (Wildman–Crippen LogP) is 6.66. The van der Waals surface area contributed by atoms with E-state index in [0.717, 1.165) is 61.2 Å². The third-order valence-electron chi connectivity index (χ3n) is 9.70. The average molecular weight is 727 g/mol. The van der Waals surface area contributed by atoms with Crippen LogP contribution < -0.4 is 4.74 Å². The summed E-state index contributed by atoms with van der Waals surface area (Å²) in [6, 6.07) is 27.6. The number of aromatic nitrogens is 2. The number of phenolic OH excluding ortho intramolecular Hbond substituents is 1. The number of aromatic hydroxyl groups is 1. The number of benzene rings is 4. The van der Waals surface area contributed by atoms with E-state index in [1.807, 2.05) is 24.3 Å². The molecule has 2 aromatic heterocycles. The minimum absolute atomic E-state index is 0.0879. The molecule has 2 saturated heterocycles. The van der Waals surface area contributed by atoms with Gasteiger partial charge in [0.05, 0.1) is 27.9 Å². The average Bonchev–Trinajstić information content (AvgIpc) is 3.97. The minimum atomic E-state index is -3.69. The van der Waals surface area contributed by atoms with Gasteiger partial charge in [0.2, 0.25) is 0 Å². The zero-order valence-corrected chi connectivity index (χ0v) is 30.2. The van der Waals surface area contributed by atoms with Crippen LogP contribution in [0.3, 0.4) is 0 Å². The second-order valence-electron chi connectivity index (χ2n) is 13.1. The van der Waals surface area contributed by atoms with Crippen LogP contribution in [0, 0.1) is 0 Å². The molecule has 2 fully saturated rings. The van der Waals surface area contributed by atoms with Gasteiger partial charge in [0.15, 0.2) is 0 Å². The Labute approximate surface area is 299 Å². The summed E-state index contributed by atoms with van der Waals surface area (Å²) < 4.78 is 60.1. The number of hydrogen-bond acceptors (Lipinski definition) is 8. The van der Waals surface area contributed by atoms with E-state index in [1.54, 1.807) is 86.2 Å². The number of fused-ring (bicyclic) bond motifs is 2. The molecule has 0 saturated carbocycles. The summed E-state index contributed by atoms with van der Waals surface area (Å²) in [6.45, 7) is 5.78. The van der Waals surface area contributed by atoms with Crippen LogP contribution >= 0.6 is 0 Å². The molecule has 2 aliphatic rings. The fourth-order valence-corrected chi connectivity index (χ4v) is 9.84. The molecule has 4 aromatic carbocycles. The summed E-state index contributed by atoms with van der Waals surface area (Å²) in [6.07, 6.45) is 8.02. The van der Waals surface area contributed by atoms with Gasteiger partial charge in [-0.3, -0.25) is 9.80 Å². The molecular weight excluding hydrogens is 685 g/mol. The normalized spacial score (nSPS) is 15.7. The van der Waals surface area contributed by atoms with Gasteiger partial charge in [-0.15, -0.1) is 0 Å². The first-order chi connectivity index (χ1) is 24.6. The van der Waals surface area contributed by atoms with Crippen molar-refractivity contribution in [1.82, 2.24) is 17.7 Å². The van der Waals surface area contributed by atoms with Crippen LogP contribution in [0.2, 0.25) is 0 Å². The topological polar surface area (TPSA) is 114 Å². The Hall–Kier alpha value is -4.62. The third-order valence-corrected chi connectivity index (χ3v) is 13.1. The summed E-state index contributed by atoms with van der Waals surface area (Å²) in [7, 11) is -5.72. The van der Waals surface area contributed by atoms with Gasteiger partial charge in [-0.1, -0.05) is 36.4 Å². The molecule has 266 valence electrons. The molecule has 0 bridgehead atoms. The molecule has 0 aliphatic carbocycles. The SMILES string of the molecule is COc1cc(CN2CCCC2)c2ccn(S(=O)(=O)c3ccccc3)c2c1.O=S(=O)(c1ccccc1)n1ccc2c(CN3CCCC3)cc(O)cc21. The Morgan fingerprint density at radius 1 is 0.588 bits per heavy atom. The van der Waals surface area contributed by atoms with E-state index in [9.17, 15) is 21.9 Å². The lowest BCUT2D eigenvalue weighted by molar-refractivity contribution is 0.331. The molecule has 0 radical (unpaired) electrons. The highest BCUT2D eigenvalue weighted by molar-refractivity contribution is 7.90. The van der Waals surface area contributed by atoms with Crippen LogP contribution in [-0.2, 0) is 33.1 Å². The third kappa shape index (κ3) is 7.14. The number of rotatable bonds is 9. The Kier molecular flexibility index (Phi) is 9.93. The van der Waals surface area contributed by atoms with Crippen molar-refractivity contribution in [3.63, 3.8) is 0 Å². The van der Waals surface area contributed by atoms with Gasteiger partial charge in [-0.25, -0.2) is 24.8 Å². The molecule has 0 spiro atoms. The highest BCUT2D eigenvalue weighted by Gasteiger charge is 2.23. The number of hydrogen-bond donors (Lipinski definition) is 1. The Morgan fingerprint density at radius 3 is 1.47 bits per heavy atom. The van der Waals surface area contributed by atoms with E-state index in [2.05, 4.69) is 9.80 Å². The van der Waals surface area contributed by atoms with Gasteiger partial charge < -0.3 is 9.84 Å². The first-order valence-electron chi connectivity index (χ1n) is 17.2. The minimum Gasteiger partial charge on any atom is -0.508 e. The molecule has 1 N–H and O–H groups in total. The molecule has 10 nitrogen and oxygen atoms in total. The zero-order valence-electron chi connectivity index (χ0n) is 28.6. The molecule has 4 heterocycles. The van der Waals surface area contributed by atoms with Crippen LogP contribution in [0.1, 0.15) is 36.8 Å². The predicted molar refractivity (Wildman–Crippen MR) is 199 cm³/mol. The van der Waals surface area contributed by atoms with Crippen LogP contribution in [0.15, 0.2) is 119 Å². The maximum absolute atomic E-state index is 13.1. The smallest absolute Gasteiger partial charge is 0.268 e. The van der Waals surface area contributed by atoms with E-state index >= 15 is 0 Å². The van der Waals surface area contributed by atoms with Crippen LogP contribution in [0.5, 0.6) is 11.5 Å². The number of methoxy groups -OCH3 is 1. The van der Waals surface area contributed by atoms with Crippen molar-refractivity contribution in [2.45, 2.75) is 48.6 Å². The Bertz CT molecular complexity index is 2360. The zero-order chi connectivity index (χ0) is 35.6. The Balaban J connectivity index is 0.000000159. The molecule has 0 atom stereocenters. The van der Waals surface area contributed by atoms with E-state index in [0.29, 0.717) is 16.8 Å². The quantitative estimate of drug-likeness (QED) is 0.176. The fraction of sp³-hybridized carbons (Fsp3) is 0.282. The van der Waals surface area contributed by atoms with Crippen LogP contribution in [0.25, 0.3) is 21.8 Å². The van der Waals surface area contributed by atoms with Crippen molar-refractivity contribution in [2.24, 2.45) is 0 Å². The van der Waals surface area contributed by atoms with Gasteiger partial charge in [0, 0.05) is 48.4 Å². The van der Waals surface area contributed by atoms with Crippen LogP contribution in [-0.4, -0.2) is 73.0 Å². The molecule has 0 unspecified atom stereocenters. The number of ether oxygens (including phenoxy) is 1. The first-order valence-corrected chi connectivity index (χ1v) is 20.1. The highest BCUT2D eigenvalue weighted by atomic mass is 32.2. The Morgan fingerprint density at radius 2 is 1.02 bits per heavy atom. The number of phenols is 1. The number of likely N-dealkylation sites (tertiary alicyclic amines) is 2. The molecular formula is C39H42N4O6S2. The fourth-order valence-electron chi connectivity index (χ4n) is 7.12. The van der Waals surface area contributed by atoms with E-state index < -0.39 is 20.0 Å². The highest BCUT2D eigenvalue weighted by Crippen LogP contribution is 2.32. The van der Waals surface area contributed by atoms with Crippen molar-refractivity contribution in [3.05, 3.63) is 121 Å². The maximum Gasteiger partial charge on any atom is 0.268 e. The molecule has 12 heteroatoms. The van der Waals surface area contributed by atoms with Crippen LogP contribution in [0.4, 0.5) is 0 Å². The van der Waals surface area contributed by atoms with E-state index in [4.69, 9.17) is 4.74 Å².